The summed E-state index contributed by atoms with van der Waals surface area (Å²) < 4.78 is 11.5. The van der Waals surface area contributed by atoms with Crippen molar-refractivity contribution in [2.24, 2.45) is 0 Å². The molecule has 0 aliphatic rings. The fourth-order valence-electron chi connectivity index (χ4n) is 1.74. The number of rotatable bonds is 4. The Morgan fingerprint density at radius 3 is 2.33 bits per heavy atom. The first-order valence-electron chi connectivity index (χ1n) is 5.61. The Balaban J connectivity index is 2.26. The van der Waals surface area contributed by atoms with Crippen molar-refractivity contribution in [1.29, 1.82) is 0 Å². The van der Waals surface area contributed by atoms with Crippen molar-refractivity contribution in [2.75, 3.05) is 13.9 Å². The van der Waals surface area contributed by atoms with Gasteiger partial charge in [-0.05, 0) is 65.2 Å². The zero-order valence-corrected chi connectivity index (χ0v) is 13.0. The van der Waals surface area contributed by atoms with Crippen LogP contribution in [0.5, 0.6) is 5.75 Å². The molecule has 0 radical (unpaired) electrons. The average molecular weight is 327 g/mol. The van der Waals surface area contributed by atoms with E-state index in [4.69, 9.17) is 9.47 Å². The average Bonchev–Trinajstić information content (AvgIpc) is 2.65. The topological polar surface area (TPSA) is 18.5 Å². The Morgan fingerprint density at radius 1 is 1.17 bits per heavy atom. The lowest BCUT2D eigenvalue weighted by Gasteiger charge is -2.05. The molecule has 1 heterocycles. The Bertz CT molecular complexity index is 531. The lowest BCUT2D eigenvalue weighted by atomic mass is 10.1. The van der Waals surface area contributed by atoms with E-state index in [1.807, 2.05) is 12.1 Å². The lowest BCUT2D eigenvalue weighted by Crippen LogP contribution is -1.98. The molecule has 0 fully saturated rings. The Kier molecular flexibility index (Phi) is 4.43. The van der Waals surface area contributed by atoms with Crippen LogP contribution in [0.15, 0.2) is 28.7 Å². The molecule has 0 amide bonds. The highest BCUT2D eigenvalue weighted by Crippen LogP contribution is 2.39. The van der Waals surface area contributed by atoms with E-state index in [0.29, 0.717) is 0 Å². The van der Waals surface area contributed by atoms with Gasteiger partial charge in [0.1, 0.15) is 5.75 Å². The summed E-state index contributed by atoms with van der Waals surface area (Å²) in [5, 5.41) is 0. The van der Waals surface area contributed by atoms with Gasteiger partial charge in [-0.3, -0.25) is 0 Å². The molecule has 96 valence electrons. The van der Waals surface area contributed by atoms with Crippen molar-refractivity contribution in [2.45, 2.75) is 13.8 Å². The standard InChI is InChI=1S/C14H15BrO2S/c1-9-13(15)10(2)18-14(9)11-4-6-12(7-5-11)17-8-16-3/h4-7H,8H2,1-3H3. The fourth-order valence-corrected chi connectivity index (χ4v) is 3.37. The van der Waals surface area contributed by atoms with Crippen LogP contribution in [-0.4, -0.2) is 13.9 Å². The predicted molar refractivity (Wildman–Crippen MR) is 79.4 cm³/mol. The Morgan fingerprint density at radius 2 is 1.83 bits per heavy atom. The van der Waals surface area contributed by atoms with E-state index in [1.165, 1.54) is 25.4 Å². The maximum atomic E-state index is 5.38. The first-order chi connectivity index (χ1) is 8.63. The largest absolute Gasteiger partial charge is 0.468 e. The minimum absolute atomic E-state index is 0.280. The van der Waals surface area contributed by atoms with Crippen molar-refractivity contribution in [3.63, 3.8) is 0 Å². The number of aryl methyl sites for hydroxylation is 1. The van der Waals surface area contributed by atoms with Crippen molar-refractivity contribution in [3.8, 4) is 16.2 Å². The number of thiophene rings is 1. The highest BCUT2D eigenvalue weighted by atomic mass is 79.9. The van der Waals surface area contributed by atoms with E-state index in [0.717, 1.165) is 5.75 Å². The van der Waals surface area contributed by atoms with Gasteiger partial charge in [-0.25, -0.2) is 0 Å². The van der Waals surface area contributed by atoms with Gasteiger partial charge in [0.2, 0.25) is 0 Å². The number of hydrogen-bond donors (Lipinski definition) is 0. The molecular weight excluding hydrogens is 312 g/mol. The lowest BCUT2D eigenvalue weighted by molar-refractivity contribution is 0.0511. The van der Waals surface area contributed by atoms with Crippen molar-refractivity contribution in [1.82, 2.24) is 0 Å². The normalized spacial score (nSPS) is 10.7. The third-order valence-corrected chi connectivity index (χ3v) is 5.40. The molecule has 0 aliphatic carbocycles. The van der Waals surface area contributed by atoms with Gasteiger partial charge in [0.25, 0.3) is 0 Å². The van der Waals surface area contributed by atoms with E-state index in [1.54, 1.807) is 18.4 Å². The maximum absolute atomic E-state index is 5.38. The molecule has 2 nitrogen and oxygen atoms in total. The van der Waals surface area contributed by atoms with Gasteiger partial charge in [-0.1, -0.05) is 0 Å². The first kappa shape index (κ1) is 13.6. The molecular formula is C14H15BrO2S. The summed E-state index contributed by atoms with van der Waals surface area (Å²) in [7, 11) is 1.61. The number of benzene rings is 1. The van der Waals surface area contributed by atoms with Crippen LogP contribution in [-0.2, 0) is 4.74 Å². The van der Waals surface area contributed by atoms with Crippen LogP contribution in [0.3, 0.4) is 0 Å². The molecule has 0 bridgehead atoms. The van der Waals surface area contributed by atoms with Crippen LogP contribution in [0.4, 0.5) is 0 Å². The van der Waals surface area contributed by atoms with Crippen molar-refractivity contribution in [3.05, 3.63) is 39.2 Å². The molecule has 0 atom stereocenters. The SMILES string of the molecule is COCOc1ccc(-c2sc(C)c(Br)c2C)cc1. The van der Waals surface area contributed by atoms with Gasteiger partial charge in [0.15, 0.2) is 6.79 Å². The van der Waals surface area contributed by atoms with Crippen molar-refractivity contribution >= 4 is 27.3 Å². The Labute approximate surface area is 120 Å². The minimum Gasteiger partial charge on any atom is -0.468 e. The molecule has 1 aromatic carbocycles. The molecule has 0 N–H and O–H groups in total. The van der Waals surface area contributed by atoms with Gasteiger partial charge in [0.05, 0.1) is 0 Å². The quantitative estimate of drug-likeness (QED) is 0.753. The molecule has 0 saturated carbocycles. The molecule has 0 unspecified atom stereocenters. The van der Waals surface area contributed by atoms with Gasteiger partial charge >= 0.3 is 0 Å². The van der Waals surface area contributed by atoms with Gasteiger partial charge in [0, 0.05) is 21.3 Å². The minimum atomic E-state index is 0.280. The highest BCUT2D eigenvalue weighted by Gasteiger charge is 2.11. The van der Waals surface area contributed by atoms with E-state index in [9.17, 15) is 0 Å². The van der Waals surface area contributed by atoms with Crippen LogP contribution in [0.2, 0.25) is 0 Å². The number of methoxy groups -OCH3 is 1. The van der Waals surface area contributed by atoms with Crippen LogP contribution < -0.4 is 4.74 Å². The monoisotopic (exact) mass is 326 g/mol. The summed E-state index contributed by atoms with van der Waals surface area (Å²) in [5.74, 6) is 0.825. The molecule has 2 aromatic rings. The van der Waals surface area contributed by atoms with Crippen molar-refractivity contribution < 1.29 is 9.47 Å². The first-order valence-corrected chi connectivity index (χ1v) is 7.22. The predicted octanol–water partition coefficient (Wildman–Crippen LogP) is 4.78. The van der Waals surface area contributed by atoms with Crippen LogP contribution in [0, 0.1) is 13.8 Å². The van der Waals surface area contributed by atoms with E-state index in [-0.39, 0.29) is 6.79 Å². The smallest absolute Gasteiger partial charge is 0.188 e. The Hall–Kier alpha value is -0.840. The third-order valence-electron chi connectivity index (χ3n) is 2.69. The summed E-state index contributed by atoms with van der Waals surface area (Å²) in [4.78, 5) is 2.61. The van der Waals surface area contributed by atoms with Crippen LogP contribution in [0.1, 0.15) is 10.4 Å². The zero-order chi connectivity index (χ0) is 13.1. The van der Waals surface area contributed by atoms with E-state index in [2.05, 4.69) is 41.9 Å². The molecule has 0 saturated heterocycles. The third kappa shape index (κ3) is 2.76. The summed E-state index contributed by atoms with van der Waals surface area (Å²) in [6.07, 6.45) is 0. The highest BCUT2D eigenvalue weighted by molar-refractivity contribution is 9.10. The maximum Gasteiger partial charge on any atom is 0.188 e. The number of hydrogen-bond acceptors (Lipinski definition) is 3. The summed E-state index contributed by atoms with van der Waals surface area (Å²) >= 11 is 5.42. The number of halogens is 1. The van der Waals surface area contributed by atoms with Gasteiger partial charge in [-0.2, -0.15) is 0 Å². The second kappa shape index (κ2) is 5.87. The molecule has 0 spiro atoms. The second-order valence-electron chi connectivity index (χ2n) is 4.00. The zero-order valence-electron chi connectivity index (χ0n) is 10.6. The van der Waals surface area contributed by atoms with Crippen LogP contribution >= 0.6 is 27.3 Å². The molecule has 4 heteroatoms. The van der Waals surface area contributed by atoms with E-state index >= 15 is 0 Å². The van der Waals surface area contributed by atoms with Crippen LogP contribution in [0.25, 0.3) is 10.4 Å². The molecule has 2 rings (SSSR count). The van der Waals surface area contributed by atoms with Gasteiger partial charge < -0.3 is 9.47 Å². The van der Waals surface area contributed by atoms with E-state index < -0.39 is 0 Å². The molecule has 1 aromatic heterocycles. The fraction of sp³-hybridized carbons (Fsp3) is 0.286. The van der Waals surface area contributed by atoms with Gasteiger partial charge in [-0.15, -0.1) is 11.3 Å². The molecule has 18 heavy (non-hydrogen) atoms. The summed E-state index contributed by atoms with van der Waals surface area (Å²) in [5.41, 5.74) is 2.51. The number of ether oxygens (including phenoxy) is 2. The molecule has 0 aliphatic heterocycles. The summed E-state index contributed by atoms with van der Waals surface area (Å²) in [6.45, 7) is 4.54. The summed E-state index contributed by atoms with van der Waals surface area (Å²) in [6, 6.07) is 8.10. The second-order valence-corrected chi connectivity index (χ2v) is 6.02.